The zero-order valence-corrected chi connectivity index (χ0v) is 11.3. The van der Waals surface area contributed by atoms with Crippen molar-refractivity contribution in [2.75, 3.05) is 5.73 Å². The van der Waals surface area contributed by atoms with Crippen LogP contribution in [0.3, 0.4) is 0 Å². The van der Waals surface area contributed by atoms with Crippen LogP contribution in [0.4, 0.5) is 5.69 Å². The van der Waals surface area contributed by atoms with Crippen LogP contribution in [0.1, 0.15) is 16.7 Å². The third-order valence-corrected chi connectivity index (χ3v) is 4.34. The molecule has 0 aromatic heterocycles. The second-order valence-corrected chi connectivity index (χ2v) is 5.36. The van der Waals surface area contributed by atoms with Gasteiger partial charge in [0.05, 0.1) is 0 Å². The summed E-state index contributed by atoms with van der Waals surface area (Å²) in [5.41, 5.74) is 10.7. The quantitative estimate of drug-likeness (QED) is 0.794. The maximum absolute atomic E-state index is 6.16. The van der Waals surface area contributed by atoms with E-state index in [1.165, 1.54) is 20.9 Å². The van der Waals surface area contributed by atoms with Crippen LogP contribution in [0.25, 0.3) is 0 Å². The van der Waals surface area contributed by atoms with Gasteiger partial charge in [-0.05, 0) is 43.5 Å². The highest BCUT2D eigenvalue weighted by Crippen LogP contribution is 2.37. The molecular weight excluding hydrogens is 226 g/mol. The van der Waals surface area contributed by atoms with Crippen LogP contribution in [0.2, 0.25) is 0 Å². The molecule has 0 bridgehead atoms. The Morgan fingerprint density at radius 2 is 1.47 bits per heavy atom. The van der Waals surface area contributed by atoms with Gasteiger partial charge in [0.15, 0.2) is 0 Å². The minimum absolute atomic E-state index is 0.901. The second-order valence-electron chi connectivity index (χ2n) is 4.31. The van der Waals surface area contributed by atoms with Crippen LogP contribution < -0.4 is 5.73 Å². The van der Waals surface area contributed by atoms with Crippen molar-refractivity contribution in [3.63, 3.8) is 0 Å². The van der Waals surface area contributed by atoms with E-state index in [1.807, 2.05) is 0 Å². The predicted molar refractivity (Wildman–Crippen MR) is 75.6 cm³/mol. The van der Waals surface area contributed by atoms with Gasteiger partial charge in [0.25, 0.3) is 0 Å². The van der Waals surface area contributed by atoms with Crippen molar-refractivity contribution < 1.29 is 0 Å². The fourth-order valence-electron chi connectivity index (χ4n) is 1.72. The number of hydrogen-bond donors (Lipinski definition) is 1. The lowest BCUT2D eigenvalue weighted by molar-refractivity contribution is 1.24. The molecule has 0 saturated carbocycles. The Kier molecular flexibility index (Phi) is 3.43. The highest BCUT2D eigenvalue weighted by atomic mass is 32.2. The fraction of sp³-hybridized carbons (Fsp3) is 0.200. The Balaban J connectivity index is 2.43. The molecule has 0 amide bonds. The number of aryl methyl sites for hydroxylation is 3. The molecular formula is C15H17NS. The first-order valence-corrected chi connectivity index (χ1v) is 6.50. The average Bonchev–Trinajstić information content (AvgIpc) is 2.32. The maximum Gasteiger partial charge on any atom is 0.0488 e. The highest BCUT2D eigenvalue weighted by Gasteiger charge is 2.08. The van der Waals surface area contributed by atoms with E-state index in [0.717, 1.165) is 11.3 Å². The van der Waals surface area contributed by atoms with Gasteiger partial charge >= 0.3 is 0 Å². The average molecular weight is 243 g/mol. The van der Waals surface area contributed by atoms with E-state index in [2.05, 4.69) is 57.2 Å². The van der Waals surface area contributed by atoms with Crippen molar-refractivity contribution in [1.29, 1.82) is 0 Å². The van der Waals surface area contributed by atoms with Gasteiger partial charge in [0.1, 0.15) is 0 Å². The van der Waals surface area contributed by atoms with Gasteiger partial charge in [-0.25, -0.2) is 0 Å². The molecule has 88 valence electrons. The van der Waals surface area contributed by atoms with E-state index >= 15 is 0 Å². The van der Waals surface area contributed by atoms with Crippen LogP contribution in [-0.4, -0.2) is 0 Å². The topological polar surface area (TPSA) is 26.0 Å². The predicted octanol–water partition coefficient (Wildman–Crippen LogP) is 4.35. The molecule has 2 aromatic carbocycles. The molecule has 2 rings (SSSR count). The summed E-state index contributed by atoms with van der Waals surface area (Å²) in [4.78, 5) is 2.45. The molecule has 17 heavy (non-hydrogen) atoms. The summed E-state index contributed by atoms with van der Waals surface area (Å²) in [6.07, 6.45) is 0. The van der Waals surface area contributed by atoms with Crippen molar-refractivity contribution in [3.05, 3.63) is 53.1 Å². The largest absolute Gasteiger partial charge is 0.398 e. The van der Waals surface area contributed by atoms with Crippen LogP contribution >= 0.6 is 11.8 Å². The van der Waals surface area contributed by atoms with E-state index in [9.17, 15) is 0 Å². The number of anilines is 1. The number of hydrogen-bond acceptors (Lipinski definition) is 2. The van der Waals surface area contributed by atoms with Gasteiger partial charge in [-0.1, -0.05) is 42.1 Å². The van der Waals surface area contributed by atoms with Gasteiger partial charge in [-0.15, -0.1) is 0 Å². The lowest BCUT2D eigenvalue weighted by atomic mass is 10.1. The van der Waals surface area contributed by atoms with Gasteiger partial charge in [0.2, 0.25) is 0 Å². The fourth-order valence-corrected chi connectivity index (χ4v) is 2.82. The molecule has 0 radical (unpaired) electrons. The third-order valence-electron chi connectivity index (χ3n) is 2.92. The number of nitrogen functional groups attached to an aromatic ring is 1. The third kappa shape index (κ3) is 2.47. The zero-order chi connectivity index (χ0) is 12.4. The smallest absolute Gasteiger partial charge is 0.0488 e. The monoisotopic (exact) mass is 243 g/mol. The molecule has 0 fully saturated rings. The lowest BCUT2D eigenvalue weighted by Crippen LogP contribution is -1.95. The summed E-state index contributed by atoms with van der Waals surface area (Å²) in [6.45, 7) is 6.29. The molecule has 0 heterocycles. The van der Waals surface area contributed by atoms with E-state index in [0.29, 0.717) is 0 Å². The Morgan fingerprint density at radius 3 is 2.18 bits per heavy atom. The van der Waals surface area contributed by atoms with Gasteiger partial charge < -0.3 is 5.73 Å². The van der Waals surface area contributed by atoms with Crippen molar-refractivity contribution in [2.24, 2.45) is 0 Å². The molecule has 0 saturated heterocycles. The molecule has 0 unspecified atom stereocenters. The highest BCUT2D eigenvalue weighted by molar-refractivity contribution is 7.99. The first-order chi connectivity index (χ1) is 8.09. The number of rotatable bonds is 2. The summed E-state index contributed by atoms with van der Waals surface area (Å²) in [6, 6.07) is 12.6. The van der Waals surface area contributed by atoms with Crippen LogP contribution in [0.15, 0.2) is 46.2 Å². The minimum Gasteiger partial charge on any atom is -0.398 e. The molecule has 0 atom stereocenters. The Labute approximate surface area is 107 Å². The van der Waals surface area contributed by atoms with E-state index in [1.54, 1.807) is 11.8 Å². The summed E-state index contributed by atoms with van der Waals surface area (Å²) < 4.78 is 0. The molecule has 2 heteroatoms. The molecule has 0 aliphatic rings. The molecule has 2 N–H and O–H groups in total. The van der Waals surface area contributed by atoms with E-state index in [4.69, 9.17) is 5.73 Å². The number of nitrogens with two attached hydrogens (primary N) is 1. The van der Waals surface area contributed by atoms with Gasteiger partial charge in [0, 0.05) is 15.5 Å². The maximum atomic E-state index is 6.16. The van der Waals surface area contributed by atoms with Gasteiger partial charge in [-0.2, -0.15) is 0 Å². The standard InChI is InChI=1S/C15H17NS/c1-10-6-4-5-7-13(10)17-15-12(3)9-8-11(2)14(15)16/h4-9H,16H2,1-3H3. The Morgan fingerprint density at radius 1 is 0.824 bits per heavy atom. The zero-order valence-electron chi connectivity index (χ0n) is 10.4. The molecule has 1 nitrogen and oxygen atoms in total. The first kappa shape index (κ1) is 12.1. The van der Waals surface area contributed by atoms with Crippen molar-refractivity contribution in [3.8, 4) is 0 Å². The molecule has 0 aliphatic carbocycles. The van der Waals surface area contributed by atoms with Crippen molar-refractivity contribution >= 4 is 17.4 Å². The van der Waals surface area contributed by atoms with E-state index in [-0.39, 0.29) is 0 Å². The number of benzene rings is 2. The normalized spacial score (nSPS) is 10.5. The SMILES string of the molecule is Cc1ccccc1Sc1c(C)ccc(C)c1N. The molecule has 0 spiro atoms. The van der Waals surface area contributed by atoms with E-state index < -0.39 is 0 Å². The second kappa shape index (κ2) is 4.84. The van der Waals surface area contributed by atoms with Crippen LogP contribution in [0, 0.1) is 20.8 Å². The van der Waals surface area contributed by atoms with Crippen LogP contribution in [-0.2, 0) is 0 Å². The van der Waals surface area contributed by atoms with Crippen molar-refractivity contribution in [1.82, 2.24) is 0 Å². The van der Waals surface area contributed by atoms with Crippen LogP contribution in [0.5, 0.6) is 0 Å². The molecule has 2 aromatic rings. The lowest BCUT2D eigenvalue weighted by Gasteiger charge is -2.12. The summed E-state index contributed by atoms with van der Waals surface area (Å²) >= 11 is 1.76. The summed E-state index contributed by atoms with van der Waals surface area (Å²) in [7, 11) is 0. The minimum atomic E-state index is 0.901. The van der Waals surface area contributed by atoms with Crippen molar-refractivity contribution in [2.45, 2.75) is 30.6 Å². The molecule has 0 aliphatic heterocycles. The van der Waals surface area contributed by atoms with Gasteiger partial charge in [-0.3, -0.25) is 0 Å². The summed E-state index contributed by atoms with van der Waals surface area (Å²) in [5.74, 6) is 0. The summed E-state index contributed by atoms with van der Waals surface area (Å²) in [5, 5.41) is 0. The Bertz CT molecular complexity index is 547. The first-order valence-electron chi connectivity index (χ1n) is 5.68. The Hall–Kier alpha value is -1.41.